The van der Waals surface area contributed by atoms with E-state index in [0.29, 0.717) is 17.5 Å². The average molecular weight is 579 g/mol. The van der Waals surface area contributed by atoms with Crippen molar-refractivity contribution in [1.29, 1.82) is 0 Å². The lowest BCUT2D eigenvalue weighted by Crippen LogP contribution is -2.01. The van der Waals surface area contributed by atoms with Gasteiger partial charge in [0.1, 0.15) is 5.58 Å². The van der Waals surface area contributed by atoms with Gasteiger partial charge in [0.25, 0.3) is 0 Å². The predicted molar refractivity (Wildman–Crippen MR) is 182 cm³/mol. The molecule has 45 heavy (non-hydrogen) atoms. The van der Waals surface area contributed by atoms with Crippen molar-refractivity contribution in [2.45, 2.75) is 6.92 Å². The van der Waals surface area contributed by atoms with Crippen molar-refractivity contribution in [2.75, 3.05) is 0 Å². The molecule has 0 N–H and O–H groups in total. The summed E-state index contributed by atoms with van der Waals surface area (Å²) in [7, 11) is 0. The van der Waals surface area contributed by atoms with E-state index in [1.54, 1.807) is 0 Å². The maximum atomic E-state index is 6.56. The van der Waals surface area contributed by atoms with Crippen molar-refractivity contribution in [3.05, 3.63) is 145 Å². The summed E-state index contributed by atoms with van der Waals surface area (Å²) in [5.74, 6) is 1.91. The van der Waals surface area contributed by atoms with Gasteiger partial charge in [-0.3, -0.25) is 0 Å². The Morgan fingerprint density at radius 1 is 0.489 bits per heavy atom. The highest BCUT2D eigenvalue weighted by Gasteiger charge is 2.20. The van der Waals surface area contributed by atoms with Gasteiger partial charge in [-0.2, -0.15) is 0 Å². The molecule has 0 aliphatic rings. The first-order valence-electron chi connectivity index (χ1n) is 15.0. The number of benzene rings is 6. The van der Waals surface area contributed by atoms with Crippen LogP contribution in [0.3, 0.4) is 0 Å². The van der Waals surface area contributed by atoms with Crippen molar-refractivity contribution >= 4 is 43.7 Å². The molecule has 0 aliphatic carbocycles. The third kappa shape index (κ3) is 4.13. The average Bonchev–Trinajstić information content (AvgIpc) is 3.65. The maximum absolute atomic E-state index is 6.56. The summed E-state index contributed by atoms with van der Waals surface area (Å²) < 4.78 is 8.86. The molecule has 0 saturated carbocycles. The summed E-state index contributed by atoms with van der Waals surface area (Å²) in [5, 5.41) is 4.54. The van der Waals surface area contributed by atoms with Gasteiger partial charge in [0, 0.05) is 43.9 Å². The maximum Gasteiger partial charge on any atom is 0.164 e. The molecule has 3 heterocycles. The molecule has 212 valence electrons. The van der Waals surface area contributed by atoms with Gasteiger partial charge < -0.3 is 8.98 Å². The Kier molecular flexibility index (Phi) is 5.65. The Balaban J connectivity index is 1.30. The minimum atomic E-state index is 0.622. The topological polar surface area (TPSA) is 56.7 Å². The number of hydrogen-bond acceptors (Lipinski definition) is 4. The van der Waals surface area contributed by atoms with Gasteiger partial charge in [0.2, 0.25) is 0 Å². The largest absolute Gasteiger partial charge is 0.454 e. The Bertz CT molecular complexity index is 2560. The van der Waals surface area contributed by atoms with Gasteiger partial charge in [0.15, 0.2) is 23.1 Å². The van der Waals surface area contributed by atoms with Crippen LogP contribution >= 0.6 is 0 Å². The molecule has 5 heteroatoms. The van der Waals surface area contributed by atoms with Gasteiger partial charge in [-0.15, -0.1) is 0 Å². The molecular weight excluding hydrogens is 552 g/mol. The van der Waals surface area contributed by atoms with Gasteiger partial charge in [-0.25, -0.2) is 15.0 Å². The van der Waals surface area contributed by atoms with Crippen LogP contribution in [0.5, 0.6) is 0 Å². The number of aromatic nitrogens is 4. The fraction of sp³-hybridized carbons (Fsp3) is 0.0250. The SMILES string of the molecule is Cc1cccc(-c2nc(-c3ccccc3)nc(-c3cccc(-n4c5ccccc5c5ccc6c7ccccc7oc6c54)c3)n2)c1. The molecule has 9 aromatic rings. The number of aryl methyl sites for hydroxylation is 1. The van der Waals surface area contributed by atoms with Crippen LogP contribution in [0.1, 0.15) is 5.56 Å². The van der Waals surface area contributed by atoms with Crippen LogP contribution in [-0.4, -0.2) is 19.5 Å². The number of nitrogens with zero attached hydrogens (tertiary/aromatic N) is 4. The molecule has 0 atom stereocenters. The van der Waals surface area contributed by atoms with E-state index in [9.17, 15) is 0 Å². The highest BCUT2D eigenvalue weighted by Crippen LogP contribution is 2.40. The summed E-state index contributed by atoms with van der Waals surface area (Å²) in [6, 6.07) is 48.0. The molecule has 0 fully saturated rings. The molecule has 0 aliphatic heterocycles. The van der Waals surface area contributed by atoms with E-state index in [1.165, 1.54) is 5.39 Å². The van der Waals surface area contributed by atoms with Crippen LogP contribution in [0, 0.1) is 6.92 Å². The molecular formula is C40H26N4O. The fourth-order valence-electron chi connectivity index (χ4n) is 6.42. The summed E-state index contributed by atoms with van der Waals surface area (Å²) in [5.41, 5.74) is 8.89. The van der Waals surface area contributed by atoms with Gasteiger partial charge >= 0.3 is 0 Å². The quantitative estimate of drug-likeness (QED) is 0.208. The van der Waals surface area contributed by atoms with Gasteiger partial charge in [-0.05, 0) is 43.3 Å². The Hall–Kier alpha value is -6.07. The first-order chi connectivity index (χ1) is 22.2. The Morgan fingerprint density at radius 2 is 1.11 bits per heavy atom. The van der Waals surface area contributed by atoms with E-state index in [4.69, 9.17) is 19.4 Å². The van der Waals surface area contributed by atoms with Gasteiger partial charge in [-0.1, -0.05) is 109 Å². The lowest BCUT2D eigenvalue weighted by atomic mass is 10.1. The minimum Gasteiger partial charge on any atom is -0.454 e. The molecule has 0 spiro atoms. The van der Waals surface area contributed by atoms with E-state index < -0.39 is 0 Å². The number of para-hydroxylation sites is 2. The lowest BCUT2D eigenvalue weighted by molar-refractivity contribution is 0.671. The van der Waals surface area contributed by atoms with E-state index in [2.05, 4.69) is 96.4 Å². The molecule has 0 radical (unpaired) electrons. The fourth-order valence-corrected chi connectivity index (χ4v) is 6.42. The monoisotopic (exact) mass is 578 g/mol. The van der Waals surface area contributed by atoms with Crippen molar-refractivity contribution in [1.82, 2.24) is 19.5 Å². The zero-order chi connectivity index (χ0) is 29.9. The highest BCUT2D eigenvalue weighted by molar-refractivity contribution is 6.21. The summed E-state index contributed by atoms with van der Waals surface area (Å²) in [6.07, 6.45) is 0. The third-order valence-electron chi connectivity index (χ3n) is 8.49. The first kappa shape index (κ1) is 25.4. The third-order valence-corrected chi connectivity index (χ3v) is 8.49. The standard InChI is InChI=1S/C40H26N4O/c1-25-11-9-14-27(23-25)39-41-38(26-12-3-2-4-13-26)42-40(43-39)28-15-10-16-29(24-28)44-34-19-7-5-17-30(34)32-21-22-33-31-18-6-8-20-35(31)45-37(33)36(32)44/h2-24H,1H3. The molecule has 3 aromatic heterocycles. The minimum absolute atomic E-state index is 0.622. The summed E-state index contributed by atoms with van der Waals surface area (Å²) in [6.45, 7) is 2.08. The second-order valence-electron chi connectivity index (χ2n) is 11.4. The molecule has 5 nitrogen and oxygen atoms in total. The number of fused-ring (bicyclic) bond motifs is 7. The van der Waals surface area contributed by atoms with E-state index in [0.717, 1.165) is 66.3 Å². The van der Waals surface area contributed by atoms with Crippen molar-refractivity contribution in [3.63, 3.8) is 0 Å². The van der Waals surface area contributed by atoms with E-state index in [1.807, 2.05) is 54.6 Å². The first-order valence-corrected chi connectivity index (χ1v) is 15.0. The van der Waals surface area contributed by atoms with Crippen molar-refractivity contribution in [3.8, 4) is 39.9 Å². The van der Waals surface area contributed by atoms with Crippen LogP contribution in [-0.2, 0) is 0 Å². The van der Waals surface area contributed by atoms with E-state index >= 15 is 0 Å². The molecule has 0 saturated heterocycles. The highest BCUT2D eigenvalue weighted by atomic mass is 16.3. The number of furan rings is 1. The van der Waals surface area contributed by atoms with E-state index in [-0.39, 0.29) is 0 Å². The van der Waals surface area contributed by atoms with Crippen LogP contribution < -0.4 is 0 Å². The Labute approximate surface area is 259 Å². The molecule has 9 rings (SSSR count). The predicted octanol–water partition coefficient (Wildman–Crippen LogP) is 10.2. The second kappa shape index (κ2) is 10.00. The van der Waals surface area contributed by atoms with Gasteiger partial charge in [0.05, 0.1) is 11.0 Å². The van der Waals surface area contributed by atoms with Crippen LogP contribution in [0.15, 0.2) is 144 Å². The Morgan fingerprint density at radius 3 is 1.91 bits per heavy atom. The van der Waals surface area contributed by atoms with Crippen LogP contribution in [0.25, 0.3) is 83.6 Å². The smallest absolute Gasteiger partial charge is 0.164 e. The number of rotatable bonds is 4. The normalized spacial score (nSPS) is 11.7. The van der Waals surface area contributed by atoms with Crippen molar-refractivity contribution < 1.29 is 4.42 Å². The zero-order valence-electron chi connectivity index (χ0n) is 24.5. The van der Waals surface area contributed by atoms with Crippen molar-refractivity contribution in [2.24, 2.45) is 0 Å². The molecule has 0 unspecified atom stereocenters. The lowest BCUT2D eigenvalue weighted by Gasteiger charge is -2.12. The molecule has 0 bridgehead atoms. The summed E-state index contributed by atoms with van der Waals surface area (Å²) in [4.78, 5) is 14.9. The van der Waals surface area contributed by atoms with Crippen LogP contribution in [0.4, 0.5) is 0 Å². The zero-order valence-corrected chi connectivity index (χ0v) is 24.5. The second-order valence-corrected chi connectivity index (χ2v) is 11.4. The molecule has 0 amide bonds. The number of hydrogen-bond donors (Lipinski definition) is 0. The summed E-state index contributed by atoms with van der Waals surface area (Å²) >= 11 is 0. The van der Waals surface area contributed by atoms with Crippen LogP contribution in [0.2, 0.25) is 0 Å². The molecule has 6 aromatic carbocycles.